The van der Waals surface area contributed by atoms with Gasteiger partial charge in [0.25, 0.3) is 0 Å². The first kappa shape index (κ1) is 11.3. The third-order valence-corrected chi connectivity index (χ3v) is 1.96. The summed E-state index contributed by atoms with van der Waals surface area (Å²) in [6, 6.07) is 7.32. The van der Waals surface area contributed by atoms with Crippen molar-refractivity contribution in [2.24, 2.45) is 5.84 Å². The average molecular weight is 209 g/mol. The molecule has 0 unspecified atom stereocenters. The minimum atomic E-state index is -0.377. The minimum absolute atomic E-state index is 0.377. The van der Waals surface area contributed by atoms with E-state index in [0.717, 1.165) is 17.7 Å². The van der Waals surface area contributed by atoms with E-state index in [1.54, 1.807) is 7.11 Å². The second-order valence-corrected chi connectivity index (χ2v) is 3.00. The van der Waals surface area contributed by atoms with Crippen LogP contribution in [-0.4, -0.2) is 19.7 Å². The van der Waals surface area contributed by atoms with E-state index >= 15 is 0 Å². The molecule has 1 aromatic carbocycles. The van der Waals surface area contributed by atoms with E-state index in [4.69, 9.17) is 10.6 Å². The number of hydrogen-bond donors (Lipinski definition) is 3. The van der Waals surface area contributed by atoms with Gasteiger partial charge in [-0.25, -0.2) is 10.6 Å². The molecule has 0 fully saturated rings. The average Bonchev–Trinajstić information content (AvgIpc) is 2.29. The predicted molar refractivity (Wildman–Crippen MR) is 57.4 cm³/mol. The molecule has 0 aromatic heterocycles. The molecule has 0 aliphatic heterocycles. The molecule has 0 saturated carbocycles. The number of carbonyl (C=O) groups is 1. The third-order valence-electron chi connectivity index (χ3n) is 1.96. The van der Waals surface area contributed by atoms with Crippen LogP contribution in [0.3, 0.4) is 0 Å². The van der Waals surface area contributed by atoms with E-state index in [9.17, 15) is 4.79 Å². The summed E-state index contributed by atoms with van der Waals surface area (Å²) < 4.78 is 5.08. The van der Waals surface area contributed by atoms with Gasteiger partial charge in [-0.05, 0) is 24.1 Å². The van der Waals surface area contributed by atoms with Gasteiger partial charge in [0, 0.05) is 6.54 Å². The summed E-state index contributed by atoms with van der Waals surface area (Å²) in [6.07, 6.45) is 0.741. The van der Waals surface area contributed by atoms with Crippen LogP contribution in [0.5, 0.6) is 5.75 Å². The fraction of sp³-hybridized carbons (Fsp3) is 0.300. The van der Waals surface area contributed by atoms with E-state index < -0.39 is 0 Å². The van der Waals surface area contributed by atoms with Crippen molar-refractivity contribution < 1.29 is 9.53 Å². The van der Waals surface area contributed by atoms with Crippen molar-refractivity contribution in [3.8, 4) is 5.75 Å². The van der Waals surface area contributed by atoms with Gasteiger partial charge in [0.1, 0.15) is 5.75 Å². The van der Waals surface area contributed by atoms with Crippen molar-refractivity contribution in [2.75, 3.05) is 13.7 Å². The van der Waals surface area contributed by atoms with Crippen LogP contribution >= 0.6 is 0 Å². The van der Waals surface area contributed by atoms with Crippen LogP contribution in [0.15, 0.2) is 24.3 Å². The fourth-order valence-electron chi connectivity index (χ4n) is 1.20. The van der Waals surface area contributed by atoms with Gasteiger partial charge in [-0.15, -0.1) is 0 Å². The molecule has 15 heavy (non-hydrogen) atoms. The van der Waals surface area contributed by atoms with E-state index in [0.29, 0.717) is 6.54 Å². The Kier molecular flexibility index (Phi) is 4.43. The van der Waals surface area contributed by atoms with Crippen LogP contribution in [0.2, 0.25) is 0 Å². The van der Waals surface area contributed by atoms with Gasteiger partial charge in [-0.3, -0.25) is 5.43 Å². The number of ether oxygens (including phenoxy) is 1. The van der Waals surface area contributed by atoms with Crippen molar-refractivity contribution in [3.63, 3.8) is 0 Å². The smallest absolute Gasteiger partial charge is 0.328 e. The maximum Gasteiger partial charge on any atom is 0.328 e. The maximum atomic E-state index is 10.8. The van der Waals surface area contributed by atoms with E-state index in [1.807, 2.05) is 29.7 Å². The zero-order valence-electron chi connectivity index (χ0n) is 8.62. The molecular formula is C10H15N3O2. The Morgan fingerprint density at radius 2 is 2.33 bits per heavy atom. The molecule has 5 heteroatoms. The first-order valence-corrected chi connectivity index (χ1v) is 4.63. The topological polar surface area (TPSA) is 76.4 Å². The second-order valence-electron chi connectivity index (χ2n) is 3.00. The Balaban J connectivity index is 2.40. The molecule has 1 rings (SSSR count). The number of hydrogen-bond acceptors (Lipinski definition) is 3. The monoisotopic (exact) mass is 209 g/mol. The molecule has 0 spiro atoms. The Morgan fingerprint density at radius 1 is 1.53 bits per heavy atom. The molecule has 82 valence electrons. The summed E-state index contributed by atoms with van der Waals surface area (Å²) in [5.41, 5.74) is 3.10. The molecule has 0 aliphatic carbocycles. The van der Waals surface area contributed by atoms with Crippen LogP contribution in [0.1, 0.15) is 5.56 Å². The van der Waals surface area contributed by atoms with E-state index in [-0.39, 0.29) is 6.03 Å². The number of methoxy groups -OCH3 is 1. The fourth-order valence-corrected chi connectivity index (χ4v) is 1.20. The van der Waals surface area contributed by atoms with Gasteiger partial charge in [-0.1, -0.05) is 12.1 Å². The first-order chi connectivity index (χ1) is 7.26. The highest BCUT2D eigenvalue weighted by Crippen LogP contribution is 2.12. The number of nitrogens with two attached hydrogens (primary N) is 1. The number of amides is 2. The summed E-state index contributed by atoms with van der Waals surface area (Å²) in [7, 11) is 1.62. The van der Waals surface area contributed by atoms with Gasteiger partial charge in [0.15, 0.2) is 0 Å². The van der Waals surface area contributed by atoms with Gasteiger partial charge >= 0.3 is 6.03 Å². The molecule has 0 saturated heterocycles. The summed E-state index contributed by atoms with van der Waals surface area (Å²) in [4.78, 5) is 10.8. The van der Waals surface area contributed by atoms with Crippen molar-refractivity contribution in [1.82, 2.24) is 10.7 Å². The Hall–Kier alpha value is -1.75. The van der Waals surface area contributed by atoms with Crippen molar-refractivity contribution in [1.29, 1.82) is 0 Å². The van der Waals surface area contributed by atoms with Crippen LogP contribution in [0.25, 0.3) is 0 Å². The highest BCUT2D eigenvalue weighted by molar-refractivity contribution is 5.72. The summed E-state index contributed by atoms with van der Waals surface area (Å²) in [5.74, 6) is 5.73. The number of hydrazine groups is 1. The standard InChI is InChI=1S/C10H15N3O2/c1-15-9-4-2-3-8(7-9)5-6-12-10(14)13-11/h2-4,7H,5-6,11H2,1H3,(H2,12,13,14). The largest absolute Gasteiger partial charge is 0.497 e. The molecule has 5 nitrogen and oxygen atoms in total. The zero-order chi connectivity index (χ0) is 11.1. The first-order valence-electron chi connectivity index (χ1n) is 4.63. The van der Waals surface area contributed by atoms with Crippen molar-refractivity contribution in [3.05, 3.63) is 29.8 Å². The normalized spacial score (nSPS) is 9.47. The SMILES string of the molecule is COc1cccc(CCNC(=O)NN)c1. The summed E-state index contributed by atoms with van der Waals surface area (Å²) in [5, 5.41) is 2.60. The lowest BCUT2D eigenvalue weighted by Gasteiger charge is -2.05. The Bertz CT molecular complexity index is 328. The van der Waals surface area contributed by atoms with Crippen LogP contribution in [0.4, 0.5) is 4.79 Å². The highest BCUT2D eigenvalue weighted by atomic mass is 16.5. The summed E-state index contributed by atoms with van der Waals surface area (Å²) >= 11 is 0. The van der Waals surface area contributed by atoms with Crippen LogP contribution < -0.4 is 21.3 Å². The molecule has 0 radical (unpaired) electrons. The van der Waals surface area contributed by atoms with E-state index in [2.05, 4.69) is 5.32 Å². The van der Waals surface area contributed by atoms with Gasteiger partial charge in [0.2, 0.25) is 0 Å². The lowest BCUT2D eigenvalue weighted by molar-refractivity contribution is 0.241. The lowest BCUT2D eigenvalue weighted by Crippen LogP contribution is -2.40. The van der Waals surface area contributed by atoms with Gasteiger partial charge in [0.05, 0.1) is 7.11 Å². The maximum absolute atomic E-state index is 10.8. The Morgan fingerprint density at radius 3 is 3.00 bits per heavy atom. The highest BCUT2D eigenvalue weighted by Gasteiger charge is 1.98. The molecule has 0 heterocycles. The number of carbonyl (C=O) groups excluding carboxylic acids is 1. The molecule has 4 N–H and O–H groups in total. The van der Waals surface area contributed by atoms with Crippen molar-refractivity contribution >= 4 is 6.03 Å². The van der Waals surface area contributed by atoms with Crippen molar-refractivity contribution in [2.45, 2.75) is 6.42 Å². The lowest BCUT2D eigenvalue weighted by atomic mass is 10.1. The number of urea groups is 1. The Labute approximate surface area is 88.6 Å². The predicted octanol–water partition coefficient (Wildman–Crippen LogP) is 0.411. The molecule has 2 amide bonds. The molecular weight excluding hydrogens is 194 g/mol. The van der Waals surface area contributed by atoms with Gasteiger partial charge < -0.3 is 10.1 Å². The quantitative estimate of drug-likeness (QED) is 0.382. The van der Waals surface area contributed by atoms with Crippen LogP contribution in [-0.2, 0) is 6.42 Å². The molecule has 1 aromatic rings. The van der Waals surface area contributed by atoms with E-state index in [1.165, 1.54) is 0 Å². The number of rotatable bonds is 4. The van der Waals surface area contributed by atoms with Gasteiger partial charge in [-0.2, -0.15) is 0 Å². The summed E-state index contributed by atoms with van der Waals surface area (Å²) in [6.45, 7) is 0.538. The third kappa shape index (κ3) is 3.86. The number of benzene rings is 1. The molecule has 0 aliphatic rings. The second kappa shape index (κ2) is 5.87. The zero-order valence-corrected chi connectivity index (χ0v) is 8.62. The number of nitrogens with one attached hydrogen (secondary N) is 2. The molecule has 0 bridgehead atoms. The molecule has 0 atom stereocenters. The minimum Gasteiger partial charge on any atom is -0.497 e. The van der Waals surface area contributed by atoms with Crippen LogP contribution in [0, 0.1) is 0 Å².